The largest absolute Gasteiger partial charge is 0.389 e. The third kappa shape index (κ3) is 4.28. The SMILES string of the molecule is Cc1nn(CC(O)COCc2ccccc2F)c(C)c1S(=O)(=O)N1CCc2ccccc21. The molecule has 1 N–H and O–H groups in total. The number of sulfonamides is 1. The zero-order valence-electron chi connectivity index (χ0n) is 18.0. The van der Waals surface area contributed by atoms with Crippen LogP contribution in [0.4, 0.5) is 10.1 Å². The van der Waals surface area contributed by atoms with Crippen molar-refractivity contribution >= 4 is 15.7 Å². The number of aliphatic hydroxyl groups is 1. The van der Waals surface area contributed by atoms with Crippen molar-refractivity contribution in [2.75, 3.05) is 17.5 Å². The number of aryl methyl sites for hydroxylation is 1. The van der Waals surface area contributed by atoms with Crippen LogP contribution in [0.25, 0.3) is 0 Å². The van der Waals surface area contributed by atoms with Gasteiger partial charge in [0.1, 0.15) is 10.7 Å². The molecular weight excluding hydrogens is 433 g/mol. The van der Waals surface area contributed by atoms with E-state index < -0.39 is 16.1 Å². The molecule has 9 heteroatoms. The van der Waals surface area contributed by atoms with Crippen LogP contribution >= 0.6 is 0 Å². The number of hydrogen-bond donors (Lipinski definition) is 1. The number of aromatic nitrogens is 2. The maximum Gasteiger partial charge on any atom is 0.268 e. The molecule has 1 aliphatic rings. The van der Waals surface area contributed by atoms with Gasteiger partial charge in [-0.1, -0.05) is 36.4 Å². The van der Waals surface area contributed by atoms with Crippen molar-refractivity contribution in [3.63, 3.8) is 0 Å². The lowest BCUT2D eigenvalue weighted by atomic mass is 10.2. The van der Waals surface area contributed by atoms with Gasteiger partial charge in [0.15, 0.2) is 0 Å². The van der Waals surface area contributed by atoms with E-state index >= 15 is 0 Å². The molecule has 3 aromatic rings. The molecule has 0 saturated heterocycles. The molecule has 1 atom stereocenters. The summed E-state index contributed by atoms with van der Waals surface area (Å²) in [4.78, 5) is 0.161. The van der Waals surface area contributed by atoms with Gasteiger partial charge in [-0.3, -0.25) is 8.99 Å². The van der Waals surface area contributed by atoms with Crippen LogP contribution in [-0.2, 0) is 34.3 Å². The highest BCUT2D eigenvalue weighted by Gasteiger charge is 2.35. The van der Waals surface area contributed by atoms with Crippen LogP contribution in [0, 0.1) is 19.7 Å². The van der Waals surface area contributed by atoms with E-state index in [2.05, 4.69) is 5.10 Å². The van der Waals surface area contributed by atoms with Gasteiger partial charge in [-0.2, -0.15) is 5.10 Å². The van der Waals surface area contributed by atoms with Gasteiger partial charge < -0.3 is 9.84 Å². The molecule has 0 spiro atoms. The third-order valence-corrected chi connectivity index (χ3v) is 7.68. The molecule has 0 saturated carbocycles. The molecule has 1 unspecified atom stereocenters. The second-order valence-corrected chi connectivity index (χ2v) is 9.70. The molecule has 0 radical (unpaired) electrons. The second-order valence-electron chi connectivity index (χ2n) is 7.90. The van der Waals surface area contributed by atoms with Gasteiger partial charge >= 0.3 is 0 Å². The minimum atomic E-state index is -3.79. The van der Waals surface area contributed by atoms with E-state index in [-0.39, 0.29) is 30.5 Å². The fourth-order valence-electron chi connectivity index (χ4n) is 4.07. The standard InChI is InChI=1S/C23H26FN3O4S/c1-16-23(32(29,30)27-12-11-18-7-4-6-10-22(18)27)17(2)26(25-16)13-20(28)15-31-14-19-8-3-5-9-21(19)24/h3-10,20,28H,11-15H2,1-2H3. The lowest BCUT2D eigenvalue weighted by Crippen LogP contribution is -2.30. The smallest absolute Gasteiger partial charge is 0.268 e. The van der Waals surface area contributed by atoms with Crippen molar-refractivity contribution in [2.45, 2.75) is 44.4 Å². The molecule has 2 heterocycles. The molecular formula is C23H26FN3O4S. The molecule has 0 fully saturated rings. The molecule has 32 heavy (non-hydrogen) atoms. The Bertz CT molecular complexity index is 1230. The number of hydrogen-bond acceptors (Lipinski definition) is 5. The number of rotatable bonds is 8. The van der Waals surface area contributed by atoms with Gasteiger partial charge in [-0.15, -0.1) is 0 Å². The number of fused-ring (bicyclic) bond motifs is 1. The number of aliphatic hydroxyl groups excluding tert-OH is 1. The lowest BCUT2D eigenvalue weighted by molar-refractivity contribution is 0.0175. The van der Waals surface area contributed by atoms with E-state index in [1.807, 2.05) is 24.3 Å². The molecule has 4 rings (SSSR count). The predicted molar refractivity (Wildman–Crippen MR) is 118 cm³/mol. The zero-order chi connectivity index (χ0) is 22.9. The summed E-state index contributed by atoms with van der Waals surface area (Å²) in [6.07, 6.45) is -0.262. The highest BCUT2D eigenvalue weighted by atomic mass is 32.2. The number of benzene rings is 2. The summed E-state index contributed by atoms with van der Waals surface area (Å²) < 4.78 is 48.9. The van der Waals surface area contributed by atoms with Crippen molar-refractivity contribution < 1.29 is 22.7 Å². The monoisotopic (exact) mass is 459 g/mol. The van der Waals surface area contributed by atoms with E-state index in [0.717, 1.165) is 5.56 Å². The number of ether oxygens (including phenoxy) is 1. The van der Waals surface area contributed by atoms with E-state index in [4.69, 9.17) is 4.74 Å². The van der Waals surface area contributed by atoms with Crippen LogP contribution in [0.15, 0.2) is 53.4 Å². The molecule has 7 nitrogen and oxygen atoms in total. The highest BCUT2D eigenvalue weighted by molar-refractivity contribution is 7.93. The summed E-state index contributed by atoms with van der Waals surface area (Å²) in [6, 6.07) is 13.8. The van der Waals surface area contributed by atoms with Crippen LogP contribution in [0.1, 0.15) is 22.5 Å². The Kier molecular flexibility index (Phi) is 6.32. The first-order valence-corrected chi connectivity index (χ1v) is 11.9. The van der Waals surface area contributed by atoms with E-state index in [9.17, 15) is 17.9 Å². The lowest BCUT2D eigenvalue weighted by Gasteiger charge is -2.20. The van der Waals surface area contributed by atoms with Crippen molar-refractivity contribution in [2.24, 2.45) is 0 Å². The summed E-state index contributed by atoms with van der Waals surface area (Å²) in [5.74, 6) is -0.362. The summed E-state index contributed by atoms with van der Waals surface area (Å²) in [5.41, 5.74) is 2.94. The molecule has 1 aliphatic heterocycles. The van der Waals surface area contributed by atoms with Gasteiger partial charge in [-0.25, -0.2) is 12.8 Å². The fourth-order valence-corrected chi connectivity index (χ4v) is 5.95. The van der Waals surface area contributed by atoms with Gasteiger partial charge in [0.05, 0.1) is 42.9 Å². The van der Waals surface area contributed by atoms with Gasteiger partial charge in [0.25, 0.3) is 10.0 Å². The second kappa shape index (κ2) is 9.01. The Balaban J connectivity index is 1.46. The minimum Gasteiger partial charge on any atom is -0.389 e. The Hall–Kier alpha value is -2.75. The maximum atomic E-state index is 13.7. The average Bonchev–Trinajstić information content (AvgIpc) is 3.31. The number of nitrogens with zero attached hydrogens (tertiary/aromatic N) is 3. The number of halogens is 1. The van der Waals surface area contributed by atoms with E-state index in [1.165, 1.54) is 15.1 Å². The first-order chi connectivity index (χ1) is 15.3. The quantitative estimate of drug-likeness (QED) is 0.560. The Morgan fingerprint density at radius 2 is 1.88 bits per heavy atom. The topological polar surface area (TPSA) is 84.7 Å². The number of anilines is 1. The van der Waals surface area contributed by atoms with Gasteiger partial charge in [0.2, 0.25) is 0 Å². The molecule has 170 valence electrons. The Morgan fingerprint density at radius 1 is 1.16 bits per heavy atom. The predicted octanol–water partition coefficient (Wildman–Crippen LogP) is 2.97. The van der Waals surface area contributed by atoms with E-state index in [0.29, 0.717) is 35.6 Å². The summed E-state index contributed by atoms with van der Waals surface area (Å²) in [7, 11) is -3.79. The average molecular weight is 460 g/mol. The van der Waals surface area contributed by atoms with Crippen LogP contribution in [0.2, 0.25) is 0 Å². The van der Waals surface area contributed by atoms with Crippen LogP contribution in [0.5, 0.6) is 0 Å². The Morgan fingerprint density at radius 3 is 2.66 bits per heavy atom. The molecule has 0 amide bonds. The molecule has 0 aliphatic carbocycles. The normalized spacial score (nSPS) is 14.6. The highest BCUT2D eigenvalue weighted by Crippen LogP contribution is 2.34. The van der Waals surface area contributed by atoms with E-state index in [1.54, 1.807) is 32.0 Å². The van der Waals surface area contributed by atoms with Crippen LogP contribution < -0.4 is 4.31 Å². The Labute approximate surface area is 187 Å². The van der Waals surface area contributed by atoms with Gasteiger partial charge in [-0.05, 0) is 38.0 Å². The first-order valence-electron chi connectivity index (χ1n) is 10.4. The van der Waals surface area contributed by atoms with Crippen LogP contribution in [-0.4, -0.2) is 42.6 Å². The summed E-state index contributed by atoms with van der Waals surface area (Å²) >= 11 is 0. The van der Waals surface area contributed by atoms with Crippen molar-refractivity contribution in [1.82, 2.24) is 9.78 Å². The number of para-hydroxylation sites is 1. The van der Waals surface area contributed by atoms with Crippen molar-refractivity contribution in [3.8, 4) is 0 Å². The summed E-state index contributed by atoms with van der Waals surface area (Å²) in [6.45, 7) is 3.79. The minimum absolute atomic E-state index is 0.0335. The molecule has 0 bridgehead atoms. The molecule has 1 aromatic heterocycles. The maximum absolute atomic E-state index is 13.7. The molecule has 2 aromatic carbocycles. The van der Waals surface area contributed by atoms with Crippen LogP contribution in [0.3, 0.4) is 0 Å². The fraction of sp³-hybridized carbons (Fsp3) is 0.348. The third-order valence-electron chi connectivity index (χ3n) is 5.62. The first kappa shape index (κ1) is 22.4. The van der Waals surface area contributed by atoms with Crippen molar-refractivity contribution in [1.29, 1.82) is 0 Å². The summed E-state index contributed by atoms with van der Waals surface area (Å²) in [5, 5.41) is 14.7. The van der Waals surface area contributed by atoms with Gasteiger partial charge in [0, 0.05) is 12.1 Å². The van der Waals surface area contributed by atoms with Crippen molar-refractivity contribution in [3.05, 3.63) is 76.9 Å². The zero-order valence-corrected chi connectivity index (χ0v) is 18.8.